The van der Waals surface area contributed by atoms with Crippen LogP contribution in [0.1, 0.15) is 108 Å². The average Bonchev–Trinajstić information content (AvgIpc) is 3.77. The molecule has 0 bridgehead atoms. The van der Waals surface area contributed by atoms with E-state index < -0.39 is 53.4 Å². The van der Waals surface area contributed by atoms with Gasteiger partial charge in [-0.1, -0.05) is 57.2 Å². The van der Waals surface area contributed by atoms with E-state index in [0.717, 1.165) is 21.7 Å². The lowest BCUT2D eigenvalue weighted by molar-refractivity contribution is -0.144. The minimum absolute atomic E-state index is 0.0271. The second-order valence-corrected chi connectivity index (χ2v) is 17.2. The molecule has 0 radical (unpaired) electrons. The van der Waals surface area contributed by atoms with E-state index in [-0.39, 0.29) is 56.2 Å². The first-order valence-corrected chi connectivity index (χ1v) is 20.7. The smallest absolute Gasteiger partial charge is 0.246 e. The standard InChI is InChI=1S/C43H59FN6O7S/c1-25(30-14-16-32(17-15-30)39-26(2)46-24-58-39)47-41(55)36-21-33(52)22-50(36)42(56)40(43(5,6)7)49-38(54)11-9-8-10-31-13-12-29(20-34(31)44)23-57-27(3)35(48-28(4)51)18-19-37(45)53/h12-17,20,24-25,27,33,35-36,40,52H,8-11,18-19,21-23H2,1-7H3,(H2,45,53)(H,47,55)(H,48,51)(H,49,54)/t25-,27+,33+,35-,36-,40+/m0/s1. The minimum atomic E-state index is -0.952. The third kappa shape index (κ3) is 13.1. The molecule has 0 spiro atoms. The molecule has 13 nitrogen and oxygen atoms in total. The van der Waals surface area contributed by atoms with Crippen molar-refractivity contribution in [3.63, 3.8) is 0 Å². The fraction of sp³-hybridized carbons (Fsp3) is 0.535. The number of aliphatic hydroxyl groups is 1. The third-order valence-corrected chi connectivity index (χ3v) is 11.4. The van der Waals surface area contributed by atoms with Crippen LogP contribution in [0.15, 0.2) is 48.0 Å². The second-order valence-electron chi connectivity index (χ2n) is 16.3. The van der Waals surface area contributed by atoms with Crippen LogP contribution in [0.25, 0.3) is 10.4 Å². The van der Waals surface area contributed by atoms with Crippen LogP contribution in [0.2, 0.25) is 0 Å². The van der Waals surface area contributed by atoms with E-state index in [1.165, 1.54) is 17.9 Å². The number of likely N-dealkylation sites (tertiary alicyclic amines) is 1. The maximum atomic E-state index is 15.1. The first kappa shape index (κ1) is 46.0. The van der Waals surface area contributed by atoms with Crippen molar-refractivity contribution in [1.29, 1.82) is 0 Å². The Bertz CT molecular complexity index is 1900. The summed E-state index contributed by atoms with van der Waals surface area (Å²) >= 11 is 1.56. The summed E-state index contributed by atoms with van der Waals surface area (Å²) in [6.45, 7) is 12.5. The summed E-state index contributed by atoms with van der Waals surface area (Å²) in [4.78, 5) is 70.5. The Morgan fingerprint density at radius 1 is 1.03 bits per heavy atom. The number of hydrogen-bond acceptors (Lipinski definition) is 9. The first-order valence-electron chi connectivity index (χ1n) is 19.9. The lowest BCUT2D eigenvalue weighted by Crippen LogP contribution is -2.57. The van der Waals surface area contributed by atoms with Crippen LogP contribution in [0.3, 0.4) is 0 Å². The number of carbonyl (C=O) groups is 5. The molecular weight excluding hydrogens is 764 g/mol. The first-order chi connectivity index (χ1) is 27.3. The van der Waals surface area contributed by atoms with Gasteiger partial charge in [0.15, 0.2) is 0 Å². The van der Waals surface area contributed by atoms with E-state index in [2.05, 4.69) is 20.9 Å². The van der Waals surface area contributed by atoms with Crippen LogP contribution < -0.4 is 21.7 Å². The molecule has 0 unspecified atom stereocenters. The van der Waals surface area contributed by atoms with Crippen LogP contribution in [0.5, 0.6) is 0 Å². The lowest BCUT2D eigenvalue weighted by Gasteiger charge is -2.35. The Hall–Kier alpha value is -4.73. The number of unbranched alkanes of at least 4 members (excludes halogenated alkanes) is 1. The molecule has 2 heterocycles. The molecule has 2 aromatic carbocycles. The van der Waals surface area contributed by atoms with Crippen molar-refractivity contribution in [2.75, 3.05) is 6.54 Å². The van der Waals surface area contributed by atoms with E-state index in [9.17, 15) is 29.1 Å². The lowest BCUT2D eigenvalue weighted by atomic mass is 9.85. The Kier molecular flexibility index (Phi) is 16.5. The van der Waals surface area contributed by atoms with Gasteiger partial charge in [-0.3, -0.25) is 24.0 Å². The van der Waals surface area contributed by atoms with E-state index >= 15 is 4.39 Å². The van der Waals surface area contributed by atoms with E-state index in [0.29, 0.717) is 36.8 Å². The number of ether oxygens (including phenoxy) is 1. The number of nitrogens with one attached hydrogen (secondary N) is 3. The number of amides is 5. The fourth-order valence-electron chi connectivity index (χ4n) is 7.06. The number of hydrogen-bond donors (Lipinski definition) is 5. The van der Waals surface area contributed by atoms with Gasteiger partial charge in [-0.05, 0) is 80.2 Å². The van der Waals surface area contributed by atoms with Gasteiger partial charge < -0.3 is 36.4 Å². The van der Waals surface area contributed by atoms with Gasteiger partial charge in [-0.25, -0.2) is 9.37 Å². The molecule has 1 saturated heterocycles. The molecule has 4 rings (SSSR count). The Labute approximate surface area is 344 Å². The monoisotopic (exact) mass is 822 g/mol. The van der Waals surface area contributed by atoms with Gasteiger partial charge in [0.2, 0.25) is 29.5 Å². The normalized spacial score (nSPS) is 17.6. The van der Waals surface area contributed by atoms with Gasteiger partial charge in [-0.2, -0.15) is 0 Å². The van der Waals surface area contributed by atoms with Crippen LogP contribution in [0, 0.1) is 18.2 Å². The number of rotatable bonds is 19. The summed E-state index contributed by atoms with van der Waals surface area (Å²) < 4.78 is 20.9. The van der Waals surface area contributed by atoms with Crippen LogP contribution in [-0.4, -0.2) is 81.4 Å². The quantitative estimate of drug-likeness (QED) is 0.104. The largest absolute Gasteiger partial charge is 0.391 e. The summed E-state index contributed by atoms with van der Waals surface area (Å²) in [6, 6.07) is 10.1. The Morgan fingerprint density at radius 2 is 1.74 bits per heavy atom. The Morgan fingerprint density at radius 3 is 2.34 bits per heavy atom. The van der Waals surface area contributed by atoms with Crippen molar-refractivity contribution in [1.82, 2.24) is 25.8 Å². The SMILES string of the molecule is CC(=O)N[C@@H](CCC(N)=O)[C@@H](C)OCc1ccc(CCCCC(=O)N[C@H](C(=O)N2C[C@H](O)C[C@H]2C(=O)N[C@@H](C)c2ccc(-c3scnc3C)cc2)C(C)(C)C)c(F)c1. The molecule has 1 aliphatic rings. The summed E-state index contributed by atoms with van der Waals surface area (Å²) in [5.41, 5.74) is 10.3. The molecule has 1 aromatic heterocycles. The van der Waals surface area contributed by atoms with Crippen molar-refractivity contribution >= 4 is 40.9 Å². The summed E-state index contributed by atoms with van der Waals surface area (Å²) in [7, 11) is 0. The highest BCUT2D eigenvalue weighted by molar-refractivity contribution is 7.13. The van der Waals surface area contributed by atoms with Gasteiger partial charge in [0.1, 0.15) is 17.9 Å². The number of primary amides is 1. The Balaban J connectivity index is 1.27. The zero-order chi connectivity index (χ0) is 42.7. The molecule has 316 valence electrons. The maximum absolute atomic E-state index is 15.1. The van der Waals surface area contributed by atoms with Gasteiger partial charge in [0.05, 0.1) is 47.0 Å². The topological polar surface area (TPSA) is 193 Å². The molecule has 0 saturated carbocycles. The molecule has 6 N–H and O–H groups in total. The van der Waals surface area contributed by atoms with Crippen LogP contribution in [-0.2, 0) is 41.7 Å². The number of aromatic nitrogens is 1. The summed E-state index contributed by atoms with van der Waals surface area (Å²) in [6.07, 6.45) is 0.642. The maximum Gasteiger partial charge on any atom is 0.246 e. The molecule has 15 heteroatoms. The summed E-state index contributed by atoms with van der Waals surface area (Å²) in [5.74, 6) is -2.29. The molecule has 58 heavy (non-hydrogen) atoms. The van der Waals surface area contributed by atoms with Crippen molar-refractivity contribution in [3.05, 3.63) is 76.2 Å². The molecule has 1 fully saturated rings. The van der Waals surface area contributed by atoms with Gasteiger partial charge in [-0.15, -0.1) is 11.3 Å². The molecule has 3 aromatic rings. The van der Waals surface area contributed by atoms with Gasteiger partial charge in [0, 0.05) is 32.7 Å². The van der Waals surface area contributed by atoms with Gasteiger partial charge >= 0.3 is 0 Å². The number of thiazole rings is 1. The predicted molar refractivity (Wildman–Crippen MR) is 221 cm³/mol. The van der Waals surface area contributed by atoms with Crippen LogP contribution >= 0.6 is 11.3 Å². The number of aliphatic hydroxyl groups excluding tert-OH is 1. The second kappa shape index (κ2) is 20.8. The molecule has 0 aliphatic carbocycles. The van der Waals surface area contributed by atoms with E-state index in [4.69, 9.17) is 10.5 Å². The number of halogens is 1. The highest BCUT2D eigenvalue weighted by Crippen LogP contribution is 2.30. The predicted octanol–water partition coefficient (Wildman–Crippen LogP) is 5.02. The van der Waals surface area contributed by atoms with Crippen molar-refractivity contribution < 1.29 is 38.2 Å². The number of nitrogens with two attached hydrogens (primary N) is 1. The highest BCUT2D eigenvalue weighted by atomic mass is 32.1. The van der Waals surface area contributed by atoms with Crippen molar-refractivity contribution in [2.24, 2.45) is 11.1 Å². The number of aryl methyl sites for hydroxylation is 2. The number of benzene rings is 2. The molecule has 1 aliphatic heterocycles. The average molecular weight is 823 g/mol. The minimum Gasteiger partial charge on any atom is -0.391 e. The number of carbonyl (C=O) groups excluding carboxylic acids is 5. The zero-order valence-electron chi connectivity index (χ0n) is 34.6. The molecule has 5 amide bonds. The number of nitrogens with zero attached hydrogens (tertiary/aromatic N) is 2. The molecule has 6 atom stereocenters. The third-order valence-electron chi connectivity index (χ3n) is 10.4. The zero-order valence-corrected chi connectivity index (χ0v) is 35.4. The summed E-state index contributed by atoms with van der Waals surface area (Å²) in [5, 5.41) is 19.3. The molecular formula is C43H59FN6O7S. The van der Waals surface area contributed by atoms with Crippen molar-refractivity contribution in [2.45, 2.75) is 136 Å². The van der Waals surface area contributed by atoms with E-state index in [1.807, 2.05) is 58.9 Å². The highest BCUT2D eigenvalue weighted by Gasteiger charge is 2.44. The van der Waals surface area contributed by atoms with Gasteiger partial charge in [0.25, 0.3) is 0 Å². The van der Waals surface area contributed by atoms with Crippen LogP contribution in [0.4, 0.5) is 4.39 Å². The number of β-amino-alcohol motifs (C(OH)–C–C–N with tert-alkyl or cyclic N) is 1. The fourth-order valence-corrected chi connectivity index (χ4v) is 7.87. The van der Waals surface area contributed by atoms with Crippen molar-refractivity contribution in [3.8, 4) is 10.4 Å². The van der Waals surface area contributed by atoms with E-state index in [1.54, 1.807) is 35.9 Å².